The Hall–Kier alpha value is -2.15. The Kier molecular flexibility index (Phi) is 4.71. The van der Waals surface area contributed by atoms with Crippen molar-refractivity contribution in [2.45, 2.75) is 39.2 Å². The Morgan fingerprint density at radius 1 is 1.38 bits per heavy atom. The average molecular weight is 350 g/mol. The van der Waals surface area contributed by atoms with Crippen LogP contribution in [0.25, 0.3) is 0 Å². The lowest BCUT2D eigenvalue weighted by Gasteiger charge is -2.31. The molecule has 1 saturated heterocycles. The smallest absolute Gasteiger partial charge is 0.251 e. The summed E-state index contributed by atoms with van der Waals surface area (Å²) in [6, 6.07) is 1.56. The number of H-pyrrole nitrogens is 1. The van der Waals surface area contributed by atoms with Crippen molar-refractivity contribution in [3.05, 3.63) is 44.9 Å². The molecule has 0 unspecified atom stereocenters. The van der Waals surface area contributed by atoms with Gasteiger partial charge in [0.2, 0.25) is 5.91 Å². The molecular weight excluding hydrogens is 330 g/mol. The third-order valence-electron chi connectivity index (χ3n) is 4.33. The number of aryl methyl sites for hydroxylation is 2. The van der Waals surface area contributed by atoms with E-state index in [2.05, 4.69) is 15.1 Å². The molecule has 1 fully saturated rings. The Labute approximate surface area is 144 Å². The van der Waals surface area contributed by atoms with E-state index in [-0.39, 0.29) is 23.9 Å². The van der Waals surface area contributed by atoms with Gasteiger partial charge in [-0.3, -0.25) is 14.3 Å². The molecule has 3 rings (SSSR count). The number of halogens is 1. The largest absolute Gasteiger partial charge is 0.341 e. The fourth-order valence-electron chi connectivity index (χ4n) is 3.05. The van der Waals surface area contributed by atoms with Crippen LogP contribution in [0.1, 0.15) is 36.0 Å². The van der Waals surface area contributed by atoms with E-state index in [1.165, 1.54) is 0 Å². The number of piperidine rings is 1. The molecule has 24 heavy (non-hydrogen) atoms. The summed E-state index contributed by atoms with van der Waals surface area (Å²) in [5.41, 5.74) is 1.42. The van der Waals surface area contributed by atoms with E-state index in [0.29, 0.717) is 23.9 Å². The number of amides is 1. The van der Waals surface area contributed by atoms with Crippen LogP contribution in [-0.4, -0.2) is 43.6 Å². The fourth-order valence-corrected chi connectivity index (χ4v) is 3.20. The van der Waals surface area contributed by atoms with Gasteiger partial charge in [-0.25, -0.2) is 4.98 Å². The molecule has 128 valence electrons. The van der Waals surface area contributed by atoms with Crippen LogP contribution >= 0.6 is 11.6 Å². The summed E-state index contributed by atoms with van der Waals surface area (Å²) in [7, 11) is 0. The van der Waals surface area contributed by atoms with Gasteiger partial charge in [0.1, 0.15) is 12.4 Å². The van der Waals surface area contributed by atoms with Crippen LogP contribution in [0.2, 0.25) is 5.02 Å². The first-order valence-corrected chi connectivity index (χ1v) is 8.35. The van der Waals surface area contributed by atoms with Gasteiger partial charge in [0.25, 0.3) is 5.56 Å². The molecule has 0 aliphatic carbocycles. The fraction of sp³-hybridized carbons (Fsp3) is 0.500. The lowest BCUT2D eigenvalue weighted by Crippen LogP contribution is -2.40. The zero-order valence-electron chi connectivity index (χ0n) is 13.8. The molecule has 0 saturated carbocycles. The van der Waals surface area contributed by atoms with E-state index in [0.717, 1.165) is 24.2 Å². The monoisotopic (exact) mass is 349 g/mol. The van der Waals surface area contributed by atoms with E-state index in [1.807, 2.05) is 11.8 Å². The highest BCUT2D eigenvalue weighted by Crippen LogP contribution is 2.26. The van der Waals surface area contributed by atoms with Crippen LogP contribution in [0, 0.1) is 13.8 Å². The van der Waals surface area contributed by atoms with E-state index in [4.69, 9.17) is 11.6 Å². The quantitative estimate of drug-likeness (QED) is 0.913. The van der Waals surface area contributed by atoms with Gasteiger partial charge in [0.15, 0.2) is 0 Å². The lowest BCUT2D eigenvalue weighted by atomic mass is 9.93. The Bertz CT molecular complexity index is 786. The number of hydrogen-bond donors (Lipinski definition) is 1. The summed E-state index contributed by atoms with van der Waals surface area (Å²) in [6.45, 7) is 5.10. The zero-order valence-corrected chi connectivity index (χ0v) is 14.5. The van der Waals surface area contributed by atoms with E-state index in [1.54, 1.807) is 23.9 Å². The van der Waals surface area contributed by atoms with Crippen molar-refractivity contribution in [2.75, 3.05) is 13.1 Å². The van der Waals surface area contributed by atoms with Crippen molar-refractivity contribution >= 4 is 17.5 Å². The topological polar surface area (TPSA) is 83.9 Å². The second kappa shape index (κ2) is 6.76. The first kappa shape index (κ1) is 16.7. The Morgan fingerprint density at radius 3 is 2.67 bits per heavy atom. The number of carbonyl (C=O) groups excluding carboxylic acids is 1. The summed E-state index contributed by atoms with van der Waals surface area (Å²) in [5.74, 6) is 0.876. The van der Waals surface area contributed by atoms with Crippen molar-refractivity contribution in [3.8, 4) is 0 Å². The van der Waals surface area contributed by atoms with E-state index >= 15 is 0 Å². The molecule has 1 aliphatic rings. The summed E-state index contributed by atoms with van der Waals surface area (Å²) in [4.78, 5) is 32.9. The molecule has 0 spiro atoms. The van der Waals surface area contributed by atoms with Crippen LogP contribution in [0.4, 0.5) is 0 Å². The molecule has 0 bridgehead atoms. The number of aromatic nitrogens is 4. The molecular formula is C16H20ClN5O2. The molecule has 0 aromatic carbocycles. The van der Waals surface area contributed by atoms with Crippen molar-refractivity contribution in [1.29, 1.82) is 0 Å². The maximum atomic E-state index is 12.4. The number of hydrogen-bond acceptors (Lipinski definition) is 4. The van der Waals surface area contributed by atoms with Gasteiger partial charge in [-0.05, 0) is 26.7 Å². The second-order valence-electron chi connectivity index (χ2n) is 6.17. The molecule has 3 heterocycles. The molecule has 1 N–H and O–H groups in total. The minimum absolute atomic E-state index is 0.0302. The molecule has 0 atom stereocenters. The van der Waals surface area contributed by atoms with Crippen LogP contribution in [-0.2, 0) is 11.3 Å². The molecule has 1 aliphatic heterocycles. The first-order chi connectivity index (χ1) is 11.4. The van der Waals surface area contributed by atoms with Crippen LogP contribution in [0.3, 0.4) is 0 Å². The van der Waals surface area contributed by atoms with Crippen molar-refractivity contribution < 1.29 is 4.79 Å². The standard InChI is InChI=1S/C16H20ClN5O2/c1-10-13(17)8-22(20-10)9-16(24)21-5-3-12(4-6-21)14-7-15(23)19-11(2)18-14/h7-8,12H,3-6,9H2,1-2H3,(H,18,19,23). The first-order valence-electron chi connectivity index (χ1n) is 7.97. The summed E-state index contributed by atoms with van der Waals surface area (Å²) in [6.07, 6.45) is 3.28. The number of carbonyl (C=O) groups is 1. The molecule has 7 nitrogen and oxygen atoms in total. The predicted octanol–water partition coefficient (Wildman–Crippen LogP) is 1.64. The SMILES string of the molecule is Cc1nc(C2CCN(C(=O)Cn3cc(Cl)c(C)n3)CC2)cc(=O)[nH]1. The van der Waals surface area contributed by atoms with E-state index in [9.17, 15) is 9.59 Å². The number of nitrogens with zero attached hydrogens (tertiary/aromatic N) is 4. The zero-order chi connectivity index (χ0) is 17.3. The van der Waals surface area contributed by atoms with Crippen LogP contribution in [0.15, 0.2) is 17.1 Å². The highest BCUT2D eigenvalue weighted by Gasteiger charge is 2.25. The molecule has 0 radical (unpaired) electrons. The minimum Gasteiger partial charge on any atom is -0.341 e. The molecule has 1 amide bonds. The molecule has 2 aromatic rings. The Morgan fingerprint density at radius 2 is 2.08 bits per heavy atom. The molecule has 2 aromatic heterocycles. The van der Waals surface area contributed by atoms with Crippen molar-refractivity contribution in [3.63, 3.8) is 0 Å². The normalized spacial score (nSPS) is 15.7. The Balaban J connectivity index is 1.60. The van der Waals surface area contributed by atoms with Gasteiger partial charge in [0.05, 0.1) is 16.4 Å². The number of likely N-dealkylation sites (tertiary alicyclic amines) is 1. The predicted molar refractivity (Wildman–Crippen MR) is 90.1 cm³/mol. The lowest BCUT2D eigenvalue weighted by molar-refractivity contribution is -0.133. The number of nitrogens with one attached hydrogen (secondary N) is 1. The number of rotatable bonds is 3. The van der Waals surface area contributed by atoms with Crippen molar-refractivity contribution in [2.24, 2.45) is 0 Å². The third kappa shape index (κ3) is 3.67. The van der Waals surface area contributed by atoms with Crippen LogP contribution < -0.4 is 5.56 Å². The summed E-state index contributed by atoms with van der Waals surface area (Å²) in [5, 5.41) is 4.78. The van der Waals surface area contributed by atoms with Gasteiger partial charge in [-0.15, -0.1) is 0 Å². The van der Waals surface area contributed by atoms with Gasteiger partial charge in [-0.2, -0.15) is 5.10 Å². The second-order valence-corrected chi connectivity index (χ2v) is 6.58. The molecule has 8 heteroatoms. The third-order valence-corrected chi connectivity index (χ3v) is 4.70. The van der Waals surface area contributed by atoms with Crippen LogP contribution in [0.5, 0.6) is 0 Å². The van der Waals surface area contributed by atoms with Gasteiger partial charge in [0, 0.05) is 31.3 Å². The summed E-state index contributed by atoms with van der Waals surface area (Å²) >= 11 is 5.97. The van der Waals surface area contributed by atoms with E-state index < -0.39 is 0 Å². The maximum absolute atomic E-state index is 12.4. The average Bonchev–Trinajstić information content (AvgIpc) is 2.84. The maximum Gasteiger partial charge on any atom is 0.251 e. The van der Waals surface area contributed by atoms with Crippen molar-refractivity contribution in [1.82, 2.24) is 24.6 Å². The number of aromatic amines is 1. The minimum atomic E-state index is -0.123. The highest BCUT2D eigenvalue weighted by atomic mass is 35.5. The van der Waals surface area contributed by atoms with Gasteiger partial charge in [-0.1, -0.05) is 11.6 Å². The summed E-state index contributed by atoms with van der Waals surface area (Å²) < 4.78 is 1.58. The van der Waals surface area contributed by atoms with Gasteiger partial charge < -0.3 is 9.88 Å². The van der Waals surface area contributed by atoms with Gasteiger partial charge >= 0.3 is 0 Å². The highest BCUT2D eigenvalue weighted by molar-refractivity contribution is 6.31.